The Morgan fingerprint density at radius 3 is 2.58 bits per heavy atom. The van der Waals surface area contributed by atoms with E-state index in [1.165, 1.54) is 19.3 Å². The average molecular weight is 168 g/mol. The first-order valence-corrected chi connectivity index (χ1v) is 4.51. The lowest BCUT2D eigenvalue weighted by atomic mass is 10.1. The number of likely N-dealkylation sites (tertiary alicyclic amines) is 1. The Kier molecular flexibility index (Phi) is 4.06. The summed E-state index contributed by atoms with van der Waals surface area (Å²) in [5.41, 5.74) is 0. The van der Waals surface area contributed by atoms with Crippen molar-refractivity contribution in [3.8, 4) is 6.07 Å². The van der Waals surface area contributed by atoms with Gasteiger partial charge in [-0.05, 0) is 25.9 Å². The number of nitriles is 1. The van der Waals surface area contributed by atoms with Crippen LogP contribution in [0.2, 0.25) is 0 Å². The number of ether oxygens (including phenoxy) is 1. The number of nitrogens with zero attached hydrogens (tertiary/aromatic N) is 2. The van der Waals surface area contributed by atoms with E-state index < -0.39 is 0 Å². The monoisotopic (exact) mass is 168 g/mol. The predicted octanol–water partition coefficient (Wildman–Crippen LogP) is 1.01. The van der Waals surface area contributed by atoms with Crippen molar-refractivity contribution in [2.45, 2.75) is 25.3 Å². The molecule has 1 atom stereocenters. The zero-order valence-electron chi connectivity index (χ0n) is 7.62. The minimum Gasteiger partial charge on any atom is -0.382 e. The van der Waals surface area contributed by atoms with Crippen LogP contribution in [-0.2, 0) is 4.74 Å². The van der Waals surface area contributed by atoms with Crippen LogP contribution in [0.4, 0.5) is 0 Å². The molecule has 1 unspecified atom stereocenters. The van der Waals surface area contributed by atoms with Gasteiger partial charge in [-0.15, -0.1) is 0 Å². The van der Waals surface area contributed by atoms with E-state index in [1.807, 2.05) is 0 Å². The van der Waals surface area contributed by atoms with Gasteiger partial charge in [0.1, 0.15) is 6.04 Å². The van der Waals surface area contributed by atoms with E-state index in [-0.39, 0.29) is 6.04 Å². The maximum atomic E-state index is 8.84. The summed E-state index contributed by atoms with van der Waals surface area (Å²) in [6.45, 7) is 2.65. The molecular weight excluding hydrogens is 152 g/mol. The Bertz CT molecular complexity index is 158. The highest BCUT2D eigenvalue weighted by Gasteiger charge is 2.19. The van der Waals surface area contributed by atoms with Crippen molar-refractivity contribution in [1.29, 1.82) is 5.26 Å². The van der Waals surface area contributed by atoms with Crippen LogP contribution in [0.3, 0.4) is 0 Å². The standard InChI is InChI=1S/C9H16N2O/c1-12-8-9(7-10)11-5-3-2-4-6-11/h9H,2-6,8H2,1H3. The van der Waals surface area contributed by atoms with Gasteiger partial charge in [0.05, 0.1) is 12.7 Å². The van der Waals surface area contributed by atoms with E-state index in [0.717, 1.165) is 13.1 Å². The first-order chi connectivity index (χ1) is 5.88. The van der Waals surface area contributed by atoms with Crippen LogP contribution in [0.25, 0.3) is 0 Å². The summed E-state index contributed by atoms with van der Waals surface area (Å²) >= 11 is 0. The molecule has 12 heavy (non-hydrogen) atoms. The fourth-order valence-corrected chi connectivity index (χ4v) is 1.61. The first kappa shape index (κ1) is 9.50. The van der Waals surface area contributed by atoms with Crippen molar-refractivity contribution < 1.29 is 4.74 Å². The summed E-state index contributed by atoms with van der Waals surface area (Å²) in [7, 11) is 1.65. The number of hydrogen-bond acceptors (Lipinski definition) is 3. The summed E-state index contributed by atoms with van der Waals surface area (Å²) in [5.74, 6) is 0. The van der Waals surface area contributed by atoms with Gasteiger partial charge in [0, 0.05) is 7.11 Å². The van der Waals surface area contributed by atoms with E-state index in [2.05, 4.69) is 11.0 Å². The number of hydrogen-bond donors (Lipinski definition) is 0. The molecule has 3 nitrogen and oxygen atoms in total. The number of methoxy groups -OCH3 is 1. The normalized spacial score (nSPS) is 21.7. The van der Waals surface area contributed by atoms with Crippen LogP contribution in [0.15, 0.2) is 0 Å². The second kappa shape index (κ2) is 5.13. The van der Waals surface area contributed by atoms with Crippen LogP contribution in [0.5, 0.6) is 0 Å². The summed E-state index contributed by atoms with van der Waals surface area (Å²) in [6, 6.07) is 2.24. The van der Waals surface area contributed by atoms with Crippen molar-refractivity contribution in [3.63, 3.8) is 0 Å². The minimum absolute atomic E-state index is 0.0321. The van der Waals surface area contributed by atoms with Gasteiger partial charge in [-0.25, -0.2) is 0 Å². The highest BCUT2D eigenvalue weighted by atomic mass is 16.5. The van der Waals surface area contributed by atoms with Gasteiger partial charge in [0.2, 0.25) is 0 Å². The smallest absolute Gasteiger partial charge is 0.121 e. The molecule has 0 aromatic rings. The van der Waals surface area contributed by atoms with Crippen molar-refractivity contribution >= 4 is 0 Å². The third-order valence-corrected chi connectivity index (χ3v) is 2.30. The molecule has 0 spiro atoms. The molecule has 0 aromatic carbocycles. The summed E-state index contributed by atoms with van der Waals surface area (Å²) in [4.78, 5) is 2.22. The SMILES string of the molecule is COCC(C#N)N1CCCCC1. The average Bonchev–Trinajstić information content (AvgIpc) is 2.15. The van der Waals surface area contributed by atoms with Crippen LogP contribution in [-0.4, -0.2) is 37.7 Å². The van der Waals surface area contributed by atoms with Crippen molar-refractivity contribution in [1.82, 2.24) is 4.90 Å². The molecule has 0 N–H and O–H groups in total. The van der Waals surface area contributed by atoms with Crippen LogP contribution in [0.1, 0.15) is 19.3 Å². The lowest BCUT2D eigenvalue weighted by Gasteiger charge is -2.29. The van der Waals surface area contributed by atoms with Gasteiger partial charge in [0.15, 0.2) is 0 Å². The van der Waals surface area contributed by atoms with Crippen LogP contribution < -0.4 is 0 Å². The second-order valence-corrected chi connectivity index (χ2v) is 3.20. The maximum absolute atomic E-state index is 8.84. The molecule has 1 aliphatic rings. The minimum atomic E-state index is -0.0321. The third kappa shape index (κ3) is 2.47. The van der Waals surface area contributed by atoms with Gasteiger partial charge >= 0.3 is 0 Å². The molecule has 0 radical (unpaired) electrons. The summed E-state index contributed by atoms with van der Waals surface area (Å²) < 4.78 is 4.98. The number of rotatable bonds is 3. The van der Waals surface area contributed by atoms with E-state index >= 15 is 0 Å². The molecule has 0 amide bonds. The molecule has 0 saturated carbocycles. The lowest BCUT2D eigenvalue weighted by molar-refractivity contribution is 0.104. The Hall–Kier alpha value is -0.590. The molecular formula is C9H16N2O. The van der Waals surface area contributed by atoms with Gasteiger partial charge in [0.25, 0.3) is 0 Å². The fourth-order valence-electron chi connectivity index (χ4n) is 1.61. The van der Waals surface area contributed by atoms with Gasteiger partial charge in [-0.1, -0.05) is 6.42 Å². The van der Waals surface area contributed by atoms with Crippen molar-refractivity contribution in [3.05, 3.63) is 0 Å². The highest BCUT2D eigenvalue weighted by molar-refractivity contribution is 4.92. The molecule has 0 aromatic heterocycles. The maximum Gasteiger partial charge on any atom is 0.121 e. The molecule has 1 aliphatic heterocycles. The van der Waals surface area contributed by atoms with Crippen molar-refractivity contribution in [2.24, 2.45) is 0 Å². The van der Waals surface area contributed by atoms with E-state index in [9.17, 15) is 0 Å². The third-order valence-electron chi connectivity index (χ3n) is 2.30. The Morgan fingerprint density at radius 2 is 2.08 bits per heavy atom. The largest absolute Gasteiger partial charge is 0.382 e. The van der Waals surface area contributed by atoms with Gasteiger partial charge in [-0.3, -0.25) is 4.90 Å². The molecule has 1 saturated heterocycles. The lowest BCUT2D eigenvalue weighted by Crippen LogP contribution is -2.40. The van der Waals surface area contributed by atoms with E-state index in [4.69, 9.17) is 10.00 Å². The van der Waals surface area contributed by atoms with Gasteiger partial charge in [-0.2, -0.15) is 5.26 Å². The zero-order valence-corrected chi connectivity index (χ0v) is 7.62. The van der Waals surface area contributed by atoms with E-state index in [0.29, 0.717) is 6.61 Å². The van der Waals surface area contributed by atoms with Crippen molar-refractivity contribution in [2.75, 3.05) is 26.8 Å². The summed E-state index contributed by atoms with van der Waals surface area (Å²) in [5, 5.41) is 8.84. The summed E-state index contributed by atoms with van der Waals surface area (Å²) in [6.07, 6.45) is 3.76. The number of piperidine rings is 1. The molecule has 68 valence electrons. The first-order valence-electron chi connectivity index (χ1n) is 4.51. The molecule has 1 rings (SSSR count). The predicted molar refractivity (Wildman–Crippen MR) is 46.7 cm³/mol. The van der Waals surface area contributed by atoms with E-state index in [1.54, 1.807) is 7.11 Å². The van der Waals surface area contributed by atoms with Gasteiger partial charge < -0.3 is 4.74 Å². The molecule has 1 heterocycles. The molecule has 3 heteroatoms. The topological polar surface area (TPSA) is 36.3 Å². The zero-order chi connectivity index (χ0) is 8.81. The quantitative estimate of drug-likeness (QED) is 0.631. The molecule has 0 aliphatic carbocycles. The fraction of sp³-hybridized carbons (Fsp3) is 0.889. The van der Waals surface area contributed by atoms with Crippen LogP contribution >= 0.6 is 0 Å². The van der Waals surface area contributed by atoms with Crippen LogP contribution in [0, 0.1) is 11.3 Å². The molecule has 0 bridgehead atoms. The second-order valence-electron chi connectivity index (χ2n) is 3.20. The Labute approximate surface area is 73.9 Å². The molecule has 1 fully saturated rings. The Balaban J connectivity index is 2.36. The highest BCUT2D eigenvalue weighted by Crippen LogP contribution is 2.11. The Morgan fingerprint density at radius 1 is 1.42 bits per heavy atom.